The fraction of sp³-hybridized carbons (Fsp3) is 0.154. The van der Waals surface area contributed by atoms with Crippen LogP contribution in [-0.4, -0.2) is 6.61 Å². The second-order valence-electron chi connectivity index (χ2n) is 6.99. The molecule has 0 aliphatic heterocycles. The third-order valence-corrected chi connectivity index (χ3v) is 5.47. The predicted octanol–water partition coefficient (Wildman–Crippen LogP) is 7.19. The van der Waals surface area contributed by atoms with Crippen LogP contribution in [0.15, 0.2) is 89.4 Å². The van der Waals surface area contributed by atoms with Gasteiger partial charge in [0.05, 0.1) is 6.61 Å². The lowest BCUT2D eigenvalue weighted by Gasteiger charge is -2.16. The molecule has 0 aliphatic rings. The van der Waals surface area contributed by atoms with Crippen LogP contribution in [0, 0.1) is 0 Å². The molecule has 4 aromatic rings. The lowest BCUT2D eigenvalue weighted by Crippen LogP contribution is -2.05. The van der Waals surface area contributed by atoms with Crippen LogP contribution in [0.2, 0.25) is 0 Å². The van der Waals surface area contributed by atoms with Crippen molar-refractivity contribution in [1.82, 2.24) is 0 Å². The van der Waals surface area contributed by atoms with E-state index in [4.69, 9.17) is 9.47 Å². The van der Waals surface area contributed by atoms with Crippen molar-refractivity contribution in [1.29, 1.82) is 0 Å². The van der Waals surface area contributed by atoms with Gasteiger partial charge >= 0.3 is 0 Å². The standard InChI is InChI=1S/C26H24BrNO2/c1-2-29-23-14-12-22(13-15-23)28-17-25-24-6-4-3-5-20(24)9-16-26(25)30-18-19-7-10-21(27)11-8-19/h3-16,28H,2,17-18H2,1H3. The van der Waals surface area contributed by atoms with Crippen molar-refractivity contribution >= 4 is 32.4 Å². The highest BCUT2D eigenvalue weighted by Gasteiger charge is 2.10. The largest absolute Gasteiger partial charge is 0.494 e. The van der Waals surface area contributed by atoms with Crippen molar-refractivity contribution < 1.29 is 9.47 Å². The van der Waals surface area contributed by atoms with Crippen LogP contribution >= 0.6 is 15.9 Å². The Morgan fingerprint density at radius 1 is 0.800 bits per heavy atom. The van der Waals surface area contributed by atoms with E-state index in [9.17, 15) is 0 Å². The predicted molar refractivity (Wildman–Crippen MR) is 127 cm³/mol. The number of rotatable bonds is 8. The number of hydrogen-bond acceptors (Lipinski definition) is 3. The Bertz CT molecular complexity index is 1110. The van der Waals surface area contributed by atoms with Crippen molar-refractivity contribution in [2.24, 2.45) is 0 Å². The maximum Gasteiger partial charge on any atom is 0.125 e. The van der Waals surface area contributed by atoms with Gasteiger partial charge in [-0.3, -0.25) is 0 Å². The molecule has 4 rings (SSSR count). The summed E-state index contributed by atoms with van der Waals surface area (Å²) in [5.74, 6) is 1.78. The molecular weight excluding hydrogens is 438 g/mol. The second-order valence-corrected chi connectivity index (χ2v) is 7.91. The molecule has 0 radical (unpaired) electrons. The number of fused-ring (bicyclic) bond motifs is 1. The molecule has 3 nitrogen and oxygen atoms in total. The zero-order valence-electron chi connectivity index (χ0n) is 16.9. The molecule has 0 saturated heterocycles. The van der Waals surface area contributed by atoms with Gasteiger partial charge in [-0.1, -0.05) is 58.4 Å². The van der Waals surface area contributed by atoms with E-state index in [2.05, 4.69) is 69.8 Å². The Hall–Kier alpha value is -2.98. The van der Waals surface area contributed by atoms with Crippen LogP contribution in [0.4, 0.5) is 5.69 Å². The minimum absolute atomic E-state index is 0.529. The average Bonchev–Trinajstić information content (AvgIpc) is 2.78. The molecule has 0 amide bonds. The monoisotopic (exact) mass is 461 g/mol. The Morgan fingerprint density at radius 2 is 1.57 bits per heavy atom. The minimum atomic E-state index is 0.529. The summed E-state index contributed by atoms with van der Waals surface area (Å²) in [7, 11) is 0. The van der Waals surface area contributed by atoms with Gasteiger partial charge in [-0.2, -0.15) is 0 Å². The van der Waals surface area contributed by atoms with Crippen LogP contribution in [0.3, 0.4) is 0 Å². The summed E-state index contributed by atoms with van der Waals surface area (Å²) >= 11 is 3.48. The zero-order chi connectivity index (χ0) is 20.8. The van der Waals surface area contributed by atoms with Crippen LogP contribution in [-0.2, 0) is 13.2 Å². The van der Waals surface area contributed by atoms with E-state index >= 15 is 0 Å². The number of benzene rings is 4. The summed E-state index contributed by atoms with van der Waals surface area (Å²) < 4.78 is 12.8. The molecule has 0 saturated carbocycles. The normalized spacial score (nSPS) is 10.7. The van der Waals surface area contributed by atoms with Crippen molar-refractivity contribution in [3.63, 3.8) is 0 Å². The molecule has 0 atom stereocenters. The number of ether oxygens (including phenoxy) is 2. The first kappa shape index (κ1) is 20.3. The molecule has 1 N–H and O–H groups in total. The van der Waals surface area contributed by atoms with Gasteiger partial charge in [-0.25, -0.2) is 0 Å². The second kappa shape index (κ2) is 9.68. The number of halogens is 1. The molecule has 0 heterocycles. The third kappa shape index (κ3) is 4.95. The van der Waals surface area contributed by atoms with Crippen molar-refractivity contribution in [3.8, 4) is 11.5 Å². The quantitative estimate of drug-likeness (QED) is 0.301. The number of hydrogen-bond donors (Lipinski definition) is 1. The van der Waals surface area contributed by atoms with E-state index in [1.807, 2.05) is 43.3 Å². The van der Waals surface area contributed by atoms with Crippen LogP contribution < -0.4 is 14.8 Å². The van der Waals surface area contributed by atoms with Crippen molar-refractivity contribution in [3.05, 3.63) is 101 Å². The summed E-state index contributed by atoms with van der Waals surface area (Å²) in [6.07, 6.45) is 0. The molecule has 152 valence electrons. The lowest BCUT2D eigenvalue weighted by atomic mass is 10.0. The number of anilines is 1. The van der Waals surface area contributed by atoms with Gasteiger partial charge in [0.25, 0.3) is 0 Å². The van der Waals surface area contributed by atoms with Crippen LogP contribution in [0.5, 0.6) is 11.5 Å². The third-order valence-electron chi connectivity index (χ3n) is 4.94. The summed E-state index contributed by atoms with van der Waals surface area (Å²) in [5.41, 5.74) is 3.33. The van der Waals surface area contributed by atoms with Crippen LogP contribution in [0.25, 0.3) is 10.8 Å². The van der Waals surface area contributed by atoms with E-state index in [0.29, 0.717) is 19.8 Å². The first-order valence-corrected chi connectivity index (χ1v) is 10.9. The molecular formula is C26H24BrNO2. The highest BCUT2D eigenvalue weighted by Crippen LogP contribution is 2.30. The van der Waals surface area contributed by atoms with E-state index in [1.54, 1.807) is 0 Å². The van der Waals surface area contributed by atoms with Gasteiger partial charge in [0.15, 0.2) is 0 Å². The summed E-state index contributed by atoms with van der Waals surface area (Å²) in [5, 5.41) is 5.93. The van der Waals surface area contributed by atoms with Gasteiger partial charge in [0.1, 0.15) is 18.1 Å². The fourth-order valence-corrected chi connectivity index (χ4v) is 3.67. The van der Waals surface area contributed by atoms with Crippen LogP contribution in [0.1, 0.15) is 18.1 Å². The number of nitrogens with one attached hydrogen (secondary N) is 1. The molecule has 30 heavy (non-hydrogen) atoms. The summed E-state index contributed by atoms with van der Waals surface area (Å²) in [6.45, 7) is 3.86. The summed E-state index contributed by atoms with van der Waals surface area (Å²) in [6, 6.07) is 28.9. The van der Waals surface area contributed by atoms with Gasteiger partial charge in [-0.15, -0.1) is 0 Å². The molecule has 4 heteroatoms. The molecule has 0 unspecified atom stereocenters. The van der Waals surface area contributed by atoms with Gasteiger partial charge in [0.2, 0.25) is 0 Å². The molecule has 0 aromatic heterocycles. The molecule has 0 fully saturated rings. The first-order valence-electron chi connectivity index (χ1n) is 10.1. The van der Waals surface area contributed by atoms with Crippen molar-refractivity contribution in [2.75, 3.05) is 11.9 Å². The van der Waals surface area contributed by atoms with Gasteiger partial charge in [0, 0.05) is 22.3 Å². The lowest BCUT2D eigenvalue weighted by molar-refractivity contribution is 0.304. The highest BCUT2D eigenvalue weighted by atomic mass is 79.9. The average molecular weight is 462 g/mol. The maximum atomic E-state index is 6.24. The molecule has 0 bridgehead atoms. The van der Waals surface area contributed by atoms with E-state index in [1.165, 1.54) is 10.8 Å². The van der Waals surface area contributed by atoms with E-state index in [-0.39, 0.29) is 0 Å². The summed E-state index contributed by atoms with van der Waals surface area (Å²) in [4.78, 5) is 0. The Balaban J connectivity index is 1.56. The maximum absolute atomic E-state index is 6.24. The minimum Gasteiger partial charge on any atom is -0.494 e. The Kier molecular flexibility index (Phi) is 6.55. The fourth-order valence-electron chi connectivity index (χ4n) is 3.40. The van der Waals surface area contributed by atoms with Gasteiger partial charge in [-0.05, 0) is 65.7 Å². The van der Waals surface area contributed by atoms with E-state index in [0.717, 1.165) is 32.8 Å². The molecule has 4 aromatic carbocycles. The Labute approximate surface area is 185 Å². The molecule has 0 spiro atoms. The SMILES string of the molecule is CCOc1ccc(NCc2c(OCc3ccc(Br)cc3)ccc3ccccc23)cc1. The van der Waals surface area contributed by atoms with Crippen molar-refractivity contribution in [2.45, 2.75) is 20.1 Å². The highest BCUT2D eigenvalue weighted by molar-refractivity contribution is 9.10. The zero-order valence-corrected chi connectivity index (χ0v) is 18.5. The smallest absolute Gasteiger partial charge is 0.125 e. The Morgan fingerprint density at radius 3 is 2.33 bits per heavy atom. The van der Waals surface area contributed by atoms with E-state index < -0.39 is 0 Å². The first-order chi connectivity index (χ1) is 14.7. The molecule has 0 aliphatic carbocycles. The van der Waals surface area contributed by atoms with Gasteiger partial charge < -0.3 is 14.8 Å². The topological polar surface area (TPSA) is 30.5 Å².